The van der Waals surface area contributed by atoms with Gasteiger partial charge >= 0.3 is 0 Å². The van der Waals surface area contributed by atoms with Crippen LogP contribution in [0.3, 0.4) is 0 Å². The van der Waals surface area contributed by atoms with Crippen LogP contribution < -0.4 is 5.32 Å². The van der Waals surface area contributed by atoms with Gasteiger partial charge in [-0.3, -0.25) is 0 Å². The Morgan fingerprint density at radius 1 is 1.44 bits per heavy atom. The summed E-state index contributed by atoms with van der Waals surface area (Å²) in [6.07, 6.45) is 6.51. The maximum atomic E-state index is 10.4. The van der Waals surface area contributed by atoms with E-state index in [4.69, 9.17) is 4.42 Å². The molecule has 0 saturated heterocycles. The summed E-state index contributed by atoms with van der Waals surface area (Å²) in [4.78, 5) is 0. The molecule has 1 unspecified atom stereocenters. The summed E-state index contributed by atoms with van der Waals surface area (Å²) in [7, 11) is 0. The van der Waals surface area contributed by atoms with Crippen LogP contribution in [-0.2, 0) is 5.60 Å². The third-order valence-electron chi connectivity index (χ3n) is 4.13. The van der Waals surface area contributed by atoms with Crippen molar-refractivity contribution in [3.05, 3.63) is 24.2 Å². The molecule has 0 radical (unpaired) electrons. The van der Waals surface area contributed by atoms with Gasteiger partial charge in [0.2, 0.25) is 0 Å². The largest absolute Gasteiger partial charge is 0.466 e. The summed E-state index contributed by atoms with van der Waals surface area (Å²) in [5.74, 6) is 0.631. The minimum absolute atomic E-state index is 0.488. The SMILES string of the molecule is CC1(C)CCC(NCC(C)(O)c2ccco2)CC1. The Morgan fingerprint density at radius 2 is 2.11 bits per heavy atom. The van der Waals surface area contributed by atoms with Crippen LogP contribution in [-0.4, -0.2) is 17.7 Å². The molecule has 3 nitrogen and oxygen atoms in total. The van der Waals surface area contributed by atoms with Gasteiger partial charge < -0.3 is 14.8 Å². The fourth-order valence-electron chi connectivity index (χ4n) is 2.62. The smallest absolute Gasteiger partial charge is 0.136 e. The molecule has 1 aliphatic rings. The zero-order valence-corrected chi connectivity index (χ0v) is 11.7. The summed E-state index contributed by atoms with van der Waals surface area (Å²) in [5.41, 5.74) is -0.432. The van der Waals surface area contributed by atoms with Crippen molar-refractivity contribution in [2.24, 2.45) is 5.41 Å². The first-order valence-electron chi connectivity index (χ1n) is 6.89. The number of hydrogen-bond donors (Lipinski definition) is 2. The highest BCUT2D eigenvalue weighted by atomic mass is 16.4. The molecule has 1 heterocycles. The predicted molar refractivity (Wildman–Crippen MR) is 72.3 cm³/mol. The van der Waals surface area contributed by atoms with E-state index in [1.165, 1.54) is 25.7 Å². The van der Waals surface area contributed by atoms with E-state index >= 15 is 0 Å². The van der Waals surface area contributed by atoms with Gasteiger partial charge in [0, 0.05) is 12.6 Å². The van der Waals surface area contributed by atoms with E-state index < -0.39 is 5.60 Å². The molecule has 3 heteroatoms. The fraction of sp³-hybridized carbons (Fsp3) is 0.733. The second-order valence-electron chi connectivity index (χ2n) is 6.57. The van der Waals surface area contributed by atoms with E-state index in [0.717, 1.165) is 0 Å². The second-order valence-corrected chi connectivity index (χ2v) is 6.57. The van der Waals surface area contributed by atoms with Gasteiger partial charge in [-0.05, 0) is 50.2 Å². The standard InChI is InChI=1S/C15H25NO2/c1-14(2)8-6-12(7-9-14)16-11-15(3,17)13-5-4-10-18-13/h4-5,10,12,16-17H,6-9,11H2,1-3H3. The molecular weight excluding hydrogens is 226 g/mol. The average Bonchev–Trinajstić information content (AvgIpc) is 2.81. The molecule has 1 aromatic rings. The first-order valence-corrected chi connectivity index (χ1v) is 6.89. The molecule has 0 aromatic carbocycles. The fourth-order valence-corrected chi connectivity index (χ4v) is 2.62. The minimum atomic E-state index is -0.920. The first-order chi connectivity index (χ1) is 8.39. The second kappa shape index (κ2) is 5.06. The van der Waals surface area contributed by atoms with Crippen molar-refractivity contribution in [2.75, 3.05) is 6.54 Å². The van der Waals surface area contributed by atoms with Crippen LogP contribution in [0, 0.1) is 5.41 Å². The molecule has 102 valence electrons. The van der Waals surface area contributed by atoms with Gasteiger partial charge in [0.05, 0.1) is 6.26 Å². The summed E-state index contributed by atoms with van der Waals surface area (Å²) in [6.45, 7) is 7.02. The Bertz CT molecular complexity index is 358. The van der Waals surface area contributed by atoms with E-state index in [1.807, 2.05) is 12.1 Å². The maximum absolute atomic E-state index is 10.4. The zero-order chi connectivity index (χ0) is 13.2. The molecule has 0 spiro atoms. The van der Waals surface area contributed by atoms with Crippen molar-refractivity contribution in [2.45, 2.75) is 58.1 Å². The lowest BCUT2D eigenvalue weighted by Crippen LogP contribution is -2.43. The van der Waals surface area contributed by atoms with Gasteiger partial charge in [-0.1, -0.05) is 13.8 Å². The average molecular weight is 251 g/mol. The van der Waals surface area contributed by atoms with Crippen LogP contribution in [0.5, 0.6) is 0 Å². The summed E-state index contributed by atoms with van der Waals surface area (Å²) >= 11 is 0. The summed E-state index contributed by atoms with van der Waals surface area (Å²) in [6, 6.07) is 4.16. The molecular formula is C15H25NO2. The van der Waals surface area contributed by atoms with Crippen LogP contribution in [0.25, 0.3) is 0 Å². The van der Waals surface area contributed by atoms with Crippen LogP contribution in [0.15, 0.2) is 22.8 Å². The van der Waals surface area contributed by atoms with Gasteiger partial charge in [0.15, 0.2) is 0 Å². The minimum Gasteiger partial charge on any atom is -0.466 e. The third-order valence-corrected chi connectivity index (χ3v) is 4.13. The van der Waals surface area contributed by atoms with E-state index in [9.17, 15) is 5.11 Å². The zero-order valence-electron chi connectivity index (χ0n) is 11.7. The third kappa shape index (κ3) is 3.36. The van der Waals surface area contributed by atoms with Gasteiger partial charge in [-0.2, -0.15) is 0 Å². The molecule has 1 atom stereocenters. The van der Waals surface area contributed by atoms with E-state index in [2.05, 4.69) is 19.2 Å². The highest BCUT2D eigenvalue weighted by Gasteiger charge is 2.30. The Hall–Kier alpha value is -0.800. The molecule has 0 amide bonds. The van der Waals surface area contributed by atoms with Crippen molar-refractivity contribution in [3.63, 3.8) is 0 Å². The molecule has 1 saturated carbocycles. The van der Waals surface area contributed by atoms with Crippen LogP contribution in [0.2, 0.25) is 0 Å². The first kappa shape index (κ1) is 13.6. The summed E-state index contributed by atoms with van der Waals surface area (Å²) < 4.78 is 5.28. The van der Waals surface area contributed by atoms with Gasteiger partial charge in [0.25, 0.3) is 0 Å². The molecule has 1 aliphatic carbocycles. The maximum Gasteiger partial charge on any atom is 0.136 e. The quantitative estimate of drug-likeness (QED) is 0.864. The molecule has 2 N–H and O–H groups in total. The van der Waals surface area contributed by atoms with E-state index in [0.29, 0.717) is 23.8 Å². The monoisotopic (exact) mass is 251 g/mol. The van der Waals surface area contributed by atoms with Crippen LogP contribution >= 0.6 is 0 Å². The van der Waals surface area contributed by atoms with Gasteiger partial charge in [-0.25, -0.2) is 0 Å². The Labute approximate surface area is 110 Å². The van der Waals surface area contributed by atoms with Crippen molar-refractivity contribution < 1.29 is 9.52 Å². The van der Waals surface area contributed by atoms with Crippen molar-refractivity contribution >= 4 is 0 Å². The number of rotatable bonds is 4. The van der Waals surface area contributed by atoms with Gasteiger partial charge in [-0.15, -0.1) is 0 Å². The molecule has 2 rings (SSSR count). The Balaban J connectivity index is 1.82. The van der Waals surface area contributed by atoms with Crippen molar-refractivity contribution in [1.29, 1.82) is 0 Å². The number of furan rings is 1. The molecule has 18 heavy (non-hydrogen) atoms. The number of aliphatic hydroxyl groups is 1. The molecule has 1 fully saturated rings. The predicted octanol–water partition coefficient (Wildman–Crippen LogP) is 3.05. The highest BCUT2D eigenvalue weighted by Crippen LogP contribution is 2.35. The van der Waals surface area contributed by atoms with Crippen LogP contribution in [0.1, 0.15) is 52.2 Å². The lowest BCUT2D eigenvalue weighted by atomic mass is 9.75. The van der Waals surface area contributed by atoms with Gasteiger partial charge in [0.1, 0.15) is 11.4 Å². The molecule has 0 aliphatic heterocycles. The number of nitrogens with one attached hydrogen (secondary N) is 1. The lowest BCUT2D eigenvalue weighted by Gasteiger charge is -2.36. The summed E-state index contributed by atoms with van der Waals surface area (Å²) in [5, 5.41) is 13.8. The van der Waals surface area contributed by atoms with Crippen LogP contribution in [0.4, 0.5) is 0 Å². The lowest BCUT2D eigenvalue weighted by molar-refractivity contribution is 0.0286. The van der Waals surface area contributed by atoms with E-state index in [-0.39, 0.29) is 0 Å². The highest BCUT2D eigenvalue weighted by molar-refractivity contribution is 5.08. The van der Waals surface area contributed by atoms with Crippen molar-refractivity contribution in [3.8, 4) is 0 Å². The molecule has 1 aromatic heterocycles. The molecule has 0 bridgehead atoms. The normalized spacial score (nSPS) is 23.8. The Kier molecular flexibility index (Phi) is 3.83. The Morgan fingerprint density at radius 3 is 2.67 bits per heavy atom. The van der Waals surface area contributed by atoms with E-state index in [1.54, 1.807) is 13.2 Å². The van der Waals surface area contributed by atoms with Crippen molar-refractivity contribution in [1.82, 2.24) is 5.32 Å². The number of hydrogen-bond acceptors (Lipinski definition) is 3. The topological polar surface area (TPSA) is 45.4 Å².